The van der Waals surface area contributed by atoms with Crippen molar-refractivity contribution in [3.05, 3.63) is 114 Å². The average Bonchev–Trinajstić information content (AvgIpc) is 3.57. The minimum Gasteiger partial charge on any atom is -0.476 e. The van der Waals surface area contributed by atoms with Gasteiger partial charge in [-0.2, -0.15) is 15.0 Å². The van der Waals surface area contributed by atoms with Crippen LogP contribution in [0.4, 0.5) is 14.7 Å². The number of aliphatic hydroxyl groups excluding tert-OH is 2. The SMILES string of the molecule is CCOc1nc(N(OC)C(c2ccccc2)(c2ccccc2)c2ccccc2)nc2c1ncn2C1O[C@@](F)(CO)[C@H](O)C1(C)F. The van der Waals surface area contributed by atoms with Crippen molar-refractivity contribution in [3.8, 4) is 5.88 Å². The van der Waals surface area contributed by atoms with Crippen LogP contribution in [-0.4, -0.2) is 67.7 Å². The van der Waals surface area contributed by atoms with Crippen molar-refractivity contribution < 1.29 is 33.3 Å². The van der Waals surface area contributed by atoms with Gasteiger partial charge in [0.15, 0.2) is 29.2 Å². The van der Waals surface area contributed by atoms with Gasteiger partial charge in [0.2, 0.25) is 5.88 Å². The standard InChI is InChI=1S/C33H33F2N5O5/c1-4-44-27-25-26(39(21-36-25)29-31(2,34)28(42)32(35,20-41)45-29)37-30(38-27)40(43-3)33(22-14-8-5-9-15-22,23-16-10-6-11-17-23)24-18-12-7-13-19-24/h5-19,21,28-29,41-42H,4,20H2,1-3H3/t28-,29?,31?,32+/m1/s1. The Kier molecular flexibility index (Phi) is 8.00. The van der Waals surface area contributed by atoms with E-state index in [0.29, 0.717) is 0 Å². The summed E-state index contributed by atoms with van der Waals surface area (Å²) in [5.74, 6) is -2.97. The van der Waals surface area contributed by atoms with Gasteiger partial charge in [0.05, 0.1) is 20.0 Å². The number of aliphatic hydroxyl groups is 2. The monoisotopic (exact) mass is 617 g/mol. The zero-order valence-electron chi connectivity index (χ0n) is 24.9. The highest BCUT2D eigenvalue weighted by Gasteiger charge is 2.64. The summed E-state index contributed by atoms with van der Waals surface area (Å²) in [6, 6.07) is 29.1. The van der Waals surface area contributed by atoms with E-state index in [1.54, 1.807) is 12.0 Å². The van der Waals surface area contributed by atoms with Crippen molar-refractivity contribution in [2.24, 2.45) is 0 Å². The molecule has 0 radical (unpaired) electrons. The number of imidazole rings is 1. The lowest BCUT2D eigenvalue weighted by molar-refractivity contribution is -0.206. The molecule has 45 heavy (non-hydrogen) atoms. The number of hydroxylamine groups is 1. The Hall–Kier alpha value is -4.49. The van der Waals surface area contributed by atoms with Gasteiger partial charge in [-0.15, -0.1) is 0 Å². The molecule has 0 aliphatic carbocycles. The number of hydrogen-bond donors (Lipinski definition) is 2. The Balaban J connectivity index is 1.64. The van der Waals surface area contributed by atoms with E-state index in [4.69, 9.17) is 24.3 Å². The van der Waals surface area contributed by atoms with Crippen LogP contribution in [0.5, 0.6) is 5.88 Å². The lowest BCUT2D eigenvalue weighted by Crippen LogP contribution is -2.48. The first-order valence-electron chi connectivity index (χ1n) is 14.4. The van der Waals surface area contributed by atoms with E-state index >= 15 is 8.78 Å². The number of hydrogen-bond acceptors (Lipinski definition) is 9. The molecule has 6 rings (SSSR count). The first-order valence-corrected chi connectivity index (χ1v) is 14.4. The number of halogens is 2. The predicted octanol–water partition coefficient (Wildman–Crippen LogP) is 4.86. The Morgan fingerprint density at radius 2 is 1.47 bits per heavy atom. The molecule has 2 N–H and O–H groups in total. The van der Waals surface area contributed by atoms with Crippen LogP contribution in [0.15, 0.2) is 97.3 Å². The van der Waals surface area contributed by atoms with E-state index in [1.165, 1.54) is 13.4 Å². The Morgan fingerprint density at radius 3 is 1.91 bits per heavy atom. The third kappa shape index (κ3) is 4.81. The lowest BCUT2D eigenvalue weighted by atomic mass is 9.76. The van der Waals surface area contributed by atoms with Crippen molar-refractivity contribution >= 4 is 17.1 Å². The third-order valence-electron chi connectivity index (χ3n) is 8.10. The number of rotatable bonds is 10. The number of benzene rings is 3. The molecule has 2 aromatic heterocycles. The third-order valence-corrected chi connectivity index (χ3v) is 8.10. The Labute approximate surface area is 258 Å². The zero-order chi connectivity index (χ0) is 31.8. The molecule has 1 saturated heterocycles. The quantitative estimate of drug-likeness (QED) is 0.168. The Bertz CT molecular complexity index is 1660. The molecule has 3 heterocycles. The second-order valence-electron chi connectivity index (χ2n) is 10.8. The van der Waals surface area contributed by atoms with Crippen LogP contribution in [0.3, 0.4) is 0 Å². The van der Waals surface area contributed by atoms with Crippen LogP contribution in [0.1, 0.15) is 36.8 Å². The fourth-order valence-electron chi connectivity index (χ4n) is 6.01. The molecule has 1 fully saturated rings. The molecular weight excluding hydrogens is 584 g/mol. The van der Waals surface area contributed by atoms with E-state index in [9.17, 15) is 10.2 Å². The maximum absolute atomic E-state index is 16.0. The summed E-state index contributed by atoms with van der Waals surface area (Å²) in [4.78, 5) is 20.1. The minimum absolute atomic E-state index is 0.0135. The maximum Gasteiger partial charge on any atom is 0.263 e. The number of fused-ring (bicyclic) bond motifs is 1. The van der Waals surface area contributed by atoms with E-state index in [1.807, 2.05) is 91.0 Å². The molecular formula is C33H33F2N5O5. The number of ether oxygens (including phenoxy) is 2. The van der Waals surface area contributed by atoms with Crippen LogP contribution < -0.4 is 9.80 Å². The van der Waals surface area contributed by atoms with E-state index in [2.05, 4.69) is 4.98 Å². The van der Waals surface area contributed by atoms with Crippen LogP contribution in [0.2, 0.25) is 0 Å². The summed E-state index contributed by atoms with van der Waals surface area (Å²) < 4.78 is 43.6. The predicted molar refractivity (Wildman–Crippen MR) is 162 cm³/mol. The summed E-state index contributed by atoms with van der Waals surface area (Å²) in [6.45, 7) is 1.72. The van der Waals surface area contributed by atoms with Gasteiger partial charge >= 0.3 is 0 Å². The highest BCUT2D eigenvalue weighted by Crippen LogP contribution is 2.49. The zero-order valence-corrected chi connectivity index (χ0v) is 24.9. The fourth-order valence-corrected chi connectivity index (χ4v) is 6.01. The topological polar surface area (TPSA) is 115 Å². The highest BCUT2D eigenvalue weighted by molar-refractivity contribution is 5.78. The first-order chi connectivity index (χ1) is 21.7. The van der Waals surface area contributed by atoms with Crippen molar-refractivity contribution in [3.63, 3.8) is 0 Å². The summed E-state index contributed by atoms with van der Waals surface area (Å²) in [7, 11) is 1.49. The number of alkyl halides is 2. The van der Waals surface area contributed by atoms with Crippen LogP contribution in [-0.2, 0) is 15.1 Å². The number of nitrogens with zero attached hydrogens (tertiary/aromatic N) is 5. The van der Waals surface area contributed by atoms with Gasteiger partial charge in [-0.1, -0.05) is 91.0 Å². The van der Waals surface area contributed by atoms with Crippen molar-refractivity contribution in [2.45, 2.75) is 43.2 Å². The average molecular weight is 618 g/mol. The maximum atomic E-state index is 16.0. The van der Waals surface area contributed by atoms with Crippen LogP contribution in [0.25, 0.3) is 11.2 Å². The molecule has 1 aliphatic heterocycles. The minimum atomic E-state index is -3.05. The van der Waals surface area contributed by atoms with Gasteiger partial charge < -0.3 is 19.7 Å². The molecule has 3 aromatic carbocycles. The second kappa shape index (κ2) is 11.8. The summed E-state index contributed by atoms with van der Waals surface area (Å²) >= 11 is 0. The smallest absolute Gasteiger partial charge is 0.263 e. The molecule has 234 valence electrons. The summed E-state index contributed by atoms with van der Waals surface area (Å²) in [5.41, 5.74) is -1.20. The van der Waals surface area contributed by atoms with E-state index in [-0.39, 0.29) is 29.6 Å². The van der Waals surface area contributed by atoms with Crippen molar-refractivity contribution in [2.75, 3.05) is 25.4 Å². The Morgan fingerprint density at radius 1 is 0.933 bits per heavy atom. The number of aromatic nitrogens is 4. The molecule has 2 unspecified atom stereocenters. The molecule has 0 bridgehead atoms. The van der Waals surface area contributed by atoms with E-state index < -0.39 is 36.0 Å². The largest absolute Gasteiger partial charge is 0.476 e. The van der Waals surface area contributed by atoms with Gasteiger partial charge in [0, 0.05) is 0 Å². The molecule has 1 aliphatic rings. The van der Waals surface area contributed by atoms with E-state index in [0.717, 1.165) is 28.2 Å². The van der Waals surface area contributed by atoms with Crippen molar-refractivity contribution in [1.29, 1.82) is 0 Å². The van der Waals surface area contributed by atoms with Crippen LogP contribution in [0, 0.1) is 0 Å². The summed E-state index contributed by atoms with van der Waals surface area (Å²) in [6.07, 6.45) is -2.83. The number of anilines is 1. The van der Waals surface area contributed by atoms with Crippen LogP contribution >= 0.6 is 0 Å². The van der Waals surface area contributed by atoms with Gasteiger partial charge in [0.1, 0.15) is 12.1 Å². The second-order valence-corrected chi connectivity index (χ2v) is 10.8. The first kappa shape index (κ1) is 30.5. The highest BCUT2D eigenvalue weighted by atomic mass is 19.2. The molecule has 0 saturated carbocycles. The van der Waals surface area contributed by atoms with Gasteiger partial charge in [-0.3, -0.25) is 9.40 Å². The lowest BCUT2D eigenvalue weighted by Gasteiger charge is -2.43. The fraction of sp³-hybridized carbons (Fsp3) is 0.303. The molecule has 10 nitrogen and oxygen atoms in total. The molecule has 12 heteroatoms. The molecule has 0 spiro atoms. The normalized spacial score (nSPS) is 23.4. The van der Waals surface area contributed by atoms with Gasteiger partial charge in [-0.25, -0.2) is 13.8 Å². The molecule has 5 aromatic rings. The van der Waals surface area contributed by atoms with Gasteiger partial charge in [-0.05, 0) is 30.5 Å². The summed E-state index contributed by atoms with van der Waals surface area (Å²) in [5, 5.41) is 21.6. The van der Waals surface area contributed by atoms with Crippen molar-refractivity contribution in [1.82, 2.24) is 19.5 Å². The molecule has 0 amide bonds. The molecule has 4 atom stereocenters. The van der Waals surface area contributed by atoms with Gasteiger partial charge in [0.25, 0.3) is 11.8 Å².